The molecule has 214 valence electrons. The van der Waals surface area contributed by atoms with Crippen molar-refractivity contribution in [2.75, 3.05) is 19.5 Å². The molecule has 4 atom stereocenters. The van der Waals surface area contributed by atoms with Crippen LogP contribution in [-0.2, 0) is 10.2 Å². The van der Waals surface area contributed by atoms with Crippen molar-refractivity contribution in [1.82, 2.24) is 4.90 Å². The van der Waals surface area contributed by atoms with Gasteiger partial charge in [0.25, 0.3) is 0 Å². The van der Waals surface area contributed by atoms with Gasteiger partial charge in [-0.25, -0.2) is 0 Å². The lowest BCUT2D eigenvalue weighted by Gasteiger charge is -2.38. The van der Waals surface area contributed by atoms with Gasteiger partial charge in [-0.15, -0.1) is 0 Å². The molecular formula is C36H30N2O5. The van der Waals surface area contributed by atoms with Gasteiger partial charge in [0.15, 0.2) is 11.6 Å². The lowest BCUT2D eigenvalue weighted by atomic mass is 9.62. The summed E-state index contributed by atoms with van der Waals surface area (Å²) in [5.41, 5.74) is 3.56. The van der Waals surface area contributed by atoms with Gasteiger partial charge in [-0.05, 0) is 47.9 Å². The average molecular weight is 571 g/mol. The Bertz CT molecular complexity index is 1830. The number of carbonyl (C=O) groups excluding carboxylic acids is 3. The molecule has 0 radical (unpaired) electrons. The van der Waals surface area contributed by atoms with Gasteiger partial charge in [0.1, 0.15) is 23.0 Å². The first kappa shape index (κ1) is 26.7. The van der Waals surface area contributed by atoms with Gasteiger partial charge in [0.2, 0.25) is 5.91 Å². The molecule has 3 heterocycles. The zero-order valence-corrected chi connectivity index (χ0v) is 24.0. The summed E-state index contributed by atoms with van der Waals surface area (Å²) in [7, 11) is 3.04. The highest BCUT2D eigenvalue weighted by Gasteiger charge is 2.70. The van der Waals surface area contributed by atoms with E-state index < -0.39 is 23.4 Å². The van der Waals surface area contributed by atoms with Crippen LogP contribution in [0.5, 0.6) is 11.5 Å². The quantitative estimate of drug-likeness (QED) is 0.287. The van der Waals surface area contributed by atoms with Crippen molar-refractivity contribution in [2.45, 2.75) is 24.4 Å². The van der Waals surface area contributed by atoms with Crippen molar-refractivity contribution in [2.24, 2.45) is 5.92 Å². The predicted octanol–water partition coefficient (Wildman–Crippen LogP) is 5.99. The van der Waals surface area contributed by atoms with Gasteiger partial charge in [-0.2, -0.15) is 0 Å². The van der Waals surface area contributed by atoms with Gasteiger partial charge in [-0.1, -0.05) is 72.3 Å². The van der Waals surface area contributed by atoms with Gasteiger partial charge in [0.05, 0.1) is 31.7 Å². The summed E-state index contributed by atoms with van der Waals surface area (Å²) in [6, 6.07) is 26.1. The maximum Gasteiger partial charge on any atom is 0.238 e. The highest BCUT2D eigenvalue weighted by atomic mass is 16.5. The topological polar surface area (TPSA) is 84.9 Å². The first-order chi connectivity index (χ1) is 20.9. The van der Waals surface area contributed by atoms with Gasteiger partial charge < -0.3 is 19.7 Å². The van der Waals surface area contributed by atoms with E-state index in [0.717, 1.165) is 16.7 Å². The fourth-order valence-electron chi connectivity index (χ4n) is 7.23. The van der Waals surface area contributed by atoms with Crippen LogP contribution in [0.15, 0.2) is 97.2 Å². The molecule has 7 heteroatoms. The number of anilines is 1. The molecule has 1 saturated heterocycles. The molecule has 7 rings (SSSR count). The molecule has 3 aliphatic rings. The minimum absolute atomic E-state index is 0.266. The number of benzene rings is 4. The second kappa shape index (κ2) is 9.98. The van der Waals surface area contributed by atoms with Gasteiger partial charge in [-0.3, -0.25) is 14.4 Å². The molecule has 0 bridgehead atoms. The average Bonchev–Trinajstić information content (AvgIpc) is 3.52. The second-order valence-electron chi connectivity index (χ2n) is 11.2. The maximum absolute atomic E-state index is 14.9. The Kier molecular flexibility index (Phi) is 6.20. The highest BCUT2D eigenvalue weighted by molar-refractivity contribution is 6.17. The first-order valence-electron chi connectivity index (χ1n) is 14.2. The Morgan fingerprint density at radius 1 is 0.860 bits per heavy atom. The molecule has 1 fully saturated rings. The molecule has 1 spiro atoms. The van der Waals surface area contributed by atoms with Crippen molar-refractivity contribution in [3.63, 3.8) is 0 Å². The Hall–Kier alpha value is -5.17. The van der Waals surface area contributed by atoms with E-state index in [1.54, 1.807) is 37.4 Å². The smallest absolute Gasteiger partial charge is 0.238 e. The molecule has 0 aliphatic carbocycles. The van der Waals surface area contributed by atoms with Crippen LogP contribution in [0.2, 0.25) is 0 Å². The largest absolute Gasteiger partial charge is 0.497 e. The van der Waals surface area contributed by atoms with E-state index in [2.05, 4.69) is 5.32 Å². The van der Waals surface area contributed by atoms with Crippen LogP contribution in [0.3, 0.4) is 0 Å². The third-order valence-corrected chi connectivity index (χ3v) is 9.13. The number of fused-ring (bicyclic) bond motifs is 6. The number of aryl methyl sites for hydroxylation is 1. The number of ketones is 2. The van der Waals surface area contributed by atoms with E-state index in [0.29, 0.717) is 33.9 Å². The number of hydrogen-bond acceptors (Lipinski definition) is 6. The number of nitrogens with one attached hydrogen (secondary N) is 1. The van der Waals surface area contributed by atoms with Crippen LogP contribution < -0.4 is 14.8 Å². The molecule has 7 nitrogen and oxygen atoms in total. The molecule has 3 aliphatic heterocycles. The standard InChI is InChI=1S/C36H30N2O5/c1-21-12-14-23(15-13-21)32(39)30-31(33(40)26-17-16-24(42-2)20-29(26)43-3)38-19-18-22-8-4-5-9-25(22)34(38)36(30)27-10-6-7-11-28(27)37-35(36)41/h4-20,30-31,34H,1-3H3,(H,37,41)/t30-,31-,34-,36-/m1/s1. The van der Waals surface area contributed by atoms with E-state index in [1.807, 2.05) is 84.8 Å². The zero-order valence-electron chi connectivity index (χ0n) is 24.0. The lowest BCUT2D eigenvalue weighted by molar-refractivity contribution is -0.122. The molecule has 0 unspecified atom stereocenters. The summed E-state index contributed by atoms with van der Waals surface area (Å²) in [6.07, 6.45) is 3.81. The van der Waals surface area contributed by atoms with Crippen LogP contribution in [-0.4, -0.2) is 42.6 Å². The van der Waals surface area contributed by atoms with Crippen molar-refractivity contribution in [1.29, 1.82) is 0 Å². The number of rotatable bonds is 6. The summed E-state index contributed by atoms with van der Waals surface area (Å²) in [5, 5.41) is 3.08. The number of hydrogen-bond donors (Lipinski definition) is 1. The van der Waals surface area contributed by atoms with Crippen LogP contribution in [0.4, 0.5) is 5.69 Å². The fraction of sp³-hybridized carbons (Fsp3) is 0.194. The van der Waals surface area contributed by atoms with Gasteiger partial charge >= 0.3 is 0 Å². The number of para-hydroxylation sites is 1. The number of ether oxygens (including phenoxy) is 2. The molecule has 43 heavy (non-hydrogen) atoms. The number of Topliss-reactive ketones (excluding diaryl/α,β-unsaturated/α-hetero) is 2. The zero-order chi connectivity index (χ0) is 29.9. The molecule has 1 N–H and O–H groups in total. The van der Waals surface area contributed by atoms with E-state index >= 15 is 0 Å². The molecule has 0 aromatic heterocycles. The van der Waals surface area contributed by atoms with E-state index in [-0.39, 0.29) is 17.5 Å². The third kappa shape index (κ3) is 3.77. The van der Waals surface area contributed by atoms with Crippen molar-refractivity contribution in [3.8, 4) is 11.5 Å². The summed E-state index contributed by atoms with van der Waals surface area (Å²) in [4.78, 5) is 46.3. The fourth-order valence-corrected chi connectivity index (χ4v) is 7.23. The molecule has 0 saturated carbocycles. The Morgan fingerprint density at radius 2 is 1.60 bits per heavy atom. The van der Waals surface area contributed by atoms with E-state index in [9.17, 15) is 14.4 Å². The highest BCUT2D eigenvalue weighted by Crippen LogP contribution is 2.62. The number of carbonyl (C=O) groups is 3. The van der Waals surface area contributed by atoms with Crippen LogP contribution >= 0.6 is 0 Å². The normalized spacial score (nSPS) is 22.9. The molecule has 1 amide bonds. The maximum atomic E-state index is 14.9. The summed E-state index contributed by atoms with van der Waals surface area (Å²) < 4.78 is 11.0. The SMILES string of the molecule is COc1ccc(C(=O)[C@H]2[C@H](C(=O)c3ccc(C)cc3)[C@@]3(C(=O)Nc4ccccc43)[C@H]3c4ccccc4C=CN23)c(OC)c1. The lowest BCUT2D eigenvalue weighted by Crippen LogP contribution is -2.49. The second-order valence-corrected chi connectivity index (χ2v) is 11.2. The molecular weight excluding hydrogens is 540 g/mol. The van der Waals surface area contributed by atoms with Crippen molar-refractivity contribution in [3.05, 3.63) is 131 Å². The van der Waals surface area contributed by atoms with Gasteiger partial charge in [0, 0.05) is 23.5 Å². The summed E-state index contributed by atoms with van der Waals surface area (Å²) >= 11 is 0. The third-order valence-electron chi connectivity index (χ3n) is 9.13. The van der Waals surface area contributed by atoms with Crippen LogP contribution in [0, 0.1) is 12.8 Å². The number of amides is 1. The van der Waals surface area contributed by atoms with E-state index in [1.165, 1.54) is 7.11 Å². The summed E-state index contributed by atoms with van der Waals surface area (Å²) in [5.74, 6) is -1.06. The predicted molar refractivity (Wildman–Crippen MR) is 163 cm³/mol. The summed E-state index contributed by atoms with van der Waals surface area (Å²) in [6.45, 7) is 1.95. The van der Waals surface area contributed by atoms with E-state index in [4.69, 9.17) is 9.47 Å². The van der Waals surface area contributed by atoms with Crippen molar-refractivity contribution < 1.29 is 23.9 Å². The number of nitrogens with zero attached hydrogens (tertiary/aromatic N) is 1. The van der Waals surface area contributed by atoms with Crippen molar-refractivity contribution >= 4 is 29.2 Å². The minimum atomic E-state index is -1.39. The monoisotopic (exact) mass is 570 g/mol. The Labute approximate surface area is 249 Å². The Morgan fingerprint density at radius 3 is 2.37 bits per heavy atom. The van der Waals surface area contributed by atoms with Crippen LogP contribution in [0.1, 0.15) is 49.0 Å². The van der Waals surface area contributed by atoms with Crippen LogP contribution in [0.25, 0.3) is 6.08 Å². The number of methoxy groups -OCH3 is 2. The molecule has 4 aromatic carbocycles. The minimum Gasteiger partial charge on any atom is -0.497 e. The first-order valence-corrected chi connectivity index (χ1v) is 14.2. The molecule has 4 aromatic rings. The Balaban J connectivity index is 1.53.